The van der Waals surface area contributed by atoms with Crippen molar-refractivity contribution in [3.63, 3.8) is 0 Å². The SMILES string of the molecule is CCOC(=O)c1ccc(NC(=S)NCc2ccco2)c(C)c1. The molecular weight excluding hydrogens is 300 g/mol. The van der Waals surface area contributed by atoms with E-state index in [1.54, 1.807) is 25.3 Å². The van der Waals surface area contributed by atoms with Crippen molar-refractivity contribution in [2.24, 2.45) is 0 Å². The number of anilines is 1. The molecule has 1 heterocycles. The number of nitrogens with one attached hydrogen (secondary N) is 2. The molecule has 1 aromatic carbocycles. The highest BCUT2D eigenvalue weighted by atomic mass is 32.1. The maximum absolute atomic E-state index is 11.7. The lowest BCUT2D eigenvalue weighted by Crippen LogP contribution is -2.28. The van der Waals surface area contributed by atoms with Crippen molar-refractivity contribution in [3.05, 3.63) is 53.5 Å². The van der Waals surface area contributed by atoms with Crippen LogP contribution in [0.25, 0.3) is 0 Å². The second-order valence-corrected chi connectivity index (χ2v) is 5.05. The molecule has 22 heavy (non-hydrogen) atoms. The van der Waals surface area contributed by atoms with Crippen LogP contribution in [0.1, 0.15) is 28.6 Å². The number of aryl methyl sites for hydroxylation is 1. The molecule has 6 heteroatoms. The molecular formula is C16H18N2O3S. The number of thiocarbonyl (C=S) groups is 1. The molecule has 0 fully saturated rings. The third-order valence-electron chi connectivity index (χ3n) is 2.99. The normalized spacial score (nSPS) is 10.1. The van der Waals surface area contributed by atoms with Gasteiger partial charge in [0.15, 0.2) is 5.11 Å². The zero-order chi connectivity index (χ0) is 15.9. The van der Waals surface area contributed by atoms with Gasteiger partial charge < -0.3 is 19.8 Å². The highest BCUT2D eigenvalue weighted by Gasteiger charge is 2.09. The van der Waals surface area contributed by atoms with Gasteiger partial charge in [-0.2, -0.15) is 0 Å². The number of esters is 1. The van der Waals surface area contributed by atoms with Crippen LogP contribution < -0.4 is 10.6 Å². The topological polar surface area (TPSA) is 63.5 Å². The van der Waals surface area contributed by atoms with Crippen molar-refractivity contribution in [3.8, 4) is 0 Å². The number of hydrogen-bond donors (Lipinski definition) is 2. The molecule has 2 N–H and O–H groups in total. The number of ether oxygens (including phenoxy) is 1. The maximum Gasteiger partial charge on any atom is 0.338 e. The van der Waals surface area contributed by atoms with Crippen molar-refractivity contribution in [1.82, 2.24) is 5.32 Å². The predicted molar refractivity (Wildman–Crippen MR) is 88.9 cm³/mol. The lowest BCUT2D eigenvalue weighted by molar-refractivity contribution is 0.0526. The molecule has 1 aromatic heterocycles. The van der Waals surface area contributed by atoms with Crippen molar-refractivity contribution >= 4 is 29.0 Å². The van der Waals surface area contributed by atoms with Gasteiger partial charge in [-0.1, -0.05) is 0 Å². The third kappa shape index (κ3) is 4.33. The summed E-state index contributed by atoms with van der Waals surface area (Å²) in [4.78, 5) is 11.7. The summed E-state index contributed by atoms with van der Waals surface area (Å²) >= 11 is 5.24. The summed E-state index contributed by atoms with van der Waals surface area (Å²) in [6, 6.07) is 8.99. The molecule has 116 valence electrons. The number of rotatable bonds is 5. The third-order valence-corrected chi connectivity index (χ3v) is 3.24. The summed E-state index contributed by atoms with van der Waals surface area (Å²) in [6.07, 6.45) is 1.62. The van der Waals surface area contributed by atoms with Gasteiger partial charge in [-0.25, -0.2) is 4.79 Å². The molecule has 0 aliphatic rings. The number of hydrogen-bond acceptors (Lipinski definition) is 4. The Hall–Kier alpha value is -2.34. The Labute approximate surface area is 134 Å². The van der Waals surface area contributed by atoms with Crippen molar-refractivity contribution in [1.29, 1.82) is 0 Å². The molecule has 0 aliphatic heterocycles. The predicted octanol–water partition coefficient (Wildman–Crippen LogP) is 3.25. The maximum atomic E-state index is 11.7. The fourth-order valence-corrected chi connectivity index (χ4v) is 2.07. The van der Waals surface area contributed by atoms with Crippen molar-refractivity contribution in [2.45, 2.75) is 20.4 Å². The van der Waals surface area contributed by atoms with Crippen LogP contribution in [-0.2, 0) is 11.3 Å². The minimum Gasteiger partial charge on any atom is -0.467 e. The summed E-state index contributed by atoms with van der Waals surface area (Å²) in [6.45, 7) is 4.56. The van der Waals surface area contributed by atoms with E-state index in [0.717, 1.165) is 17.0 Å². The van der Waals surface area contributed by atoms with Crippen LogP contribution in [0, 0.1) is 6.92 Å². The lowest BCUT2D eigenvalue weighted by atomic mass is 10.1. The highest BCUT2D eigenvalue weighted by molar-refractivity contribution is 7.80. The molecule has 0 unspecified atom stereocenters. The van der Waals surface area contributed by atoms with Crippen molar-refractivity contribution in [2.75, 3.05) is 11.9 Å². The van der Waals surface area contributed by atoms with E-state index in [4.69, 9.17) is 21.4 Å². The number of carbonyl (C=O) groups excluding carboxylic acids is 1. The Morgan fingerprint density at radius 2 is 2.18 bits per heavy atom. The Morgan fingerprint density at radius 3 is 2.82 bits per heavy atom. The van der Waals surface area contributed by atoms with Gasteiger partial charge in [0.2, 0.25) is 0 Å². The molecule has 0 amide bonds. The summed E-state index contributed by atoms with van der Waals surface area (Å²) < 4.78 is 10.2. The zero-order valence-electron chi connectivity index (χ0n) is 12.5. The van der Waals surface area contributed by atoms with E-state index in [1.165, 1.54) is 0 Å². The van der Waals surface area contributed by atoms with Gasteiger partial charge in [0.1, 0.15) is 5.76 Å². The molecule has 0 spiro atoms. The van der Waals surface area contributed by atoms with Crippen LogP contribution in [0.3, 0.4) is 0 Å². The van der Waals surface area contributed by atoms with E-state index in [0.29, 0.717) is 23.8 Å². The quantitative estimate of drug-likeness (QED) is 0.652. The minimum absolute atomic E-state index is 0.323. The number of carbonyl (C=O) groups is 1. The largest absolute Gasteiger partial charge is 0.467 e. The first-order valence-electron chi connectivity index (χ1n) is 6.95. The molecule has 0 atom stereocenters. The van der Waals surface area contributed by atoms with Gasteiger partial charge >= 0.3 is 5.97 Å². The average Bonchev–Trinajstić information content (AvgIpc) is 3.01. The fourth-order valence-electron chi connectivity index (χ4n) is 1.89. The van der Waals surface area contributed by atoms with E-state index >= 15 is 0 Å². The van der Waals surface area contributed by atoms with Crippen LogP contribution in [0.15, 0.2) is 41.0 Å². The first-order valence-corrected chi connectivity index (χ1v) is 7.36. The monoisotopic (exact) mass is 318 g/mol. The summed E-state index contributed by atoms with van der Waals surface area (Å²) in [5.74, 6) is 0.481. The summed E-state index contributed by atoms with van der Waals surface area (Å²) in [5.41, 5.74) is 2.28. The van der Waals surface area contributed by atoms with Crippen LogP contribution in [-0.4, -0.2) is 17.7 Å². The second-order valence-electron chi connectivity index (χ2n) is 4.64. The molecule has 2 aromatic rings. The first kappa shape index (κ1) is 16.0. The molecule has 0 saturated carbocycles. The highest BCUT2D eigenvalue weighted by Crippen LogP contribution is 2.17. The van der Waals surface area contributed by atoms with Gasteiger partial charge in [0.05, 0.1) is 25.0 Å². The smallest absolute Gasteiger partial charge is 0.338 e. The number of benzene rings is 1. The van der Waals surface area contributed by atoms with Gasteiger partial charge in [0, 0.05) is 5.69 Å². The van der Waals surface area contributed by atoms with Crippen LogP contribution >= 0.6 is 12.2 Å². The Bertz CT molecular complexity index is 653. The molecule has 0 bridgehead atoms. The molecule has 2 rings (SSSR count). The molecule has 0 aliphatic carbocycles. The first-order chi connectivity index (χ1) is 10.6. The van der Waals surface area contributed by atoms with Crippen LogP contribution in [0.4, 0.5) is 5.69 Å². The summed E-state index contributed by atoms with van der Waals surface area (Å²) in [5, 5.41) is 6.64. The molecule has 0 saturated heterocycles. The lowest BCUT2D eigenvalue weighted by Gasteiger charge is -2.12. The van der Waals surface area contributed by atoms with Gasteiger partial charge in [-0.3, -0.25) is 0 Å². The average molecular weight is 318 g/mol. The van der Waals surface area contributed by atoms with Crippen LogP contribution in [0.5, 0.6) is 0 Å². The fraction of sp³-hybridized carbons (Fsp3) is 0.250. The van der Waals surface area contributed by atoms with E-state index in [2.05, 4.69) is 10.6 Å². The van der Waals surface area contributed by atoms with Gasteiger partial charge in [0.25, 0.3) is 0 Å². The van der Waals surface area contributed by atoms with Gasteiger partial charge in [-0.15, -0.1) is 0 Å². The van der Waals surface area contributed by atoms with Gasteiger partial charge in [-0.05, 0) is 62.0 Å². The van der Waals surface area contributed by atoms with Crippen LogP contribution in [0.2, 0.25) is 0 Å². The second kappa shape index (κ2) is 7.61. The van der Waals surface area contributed by atoms with E-state index < -0.39 is 0 Å². The Balaban J connectivity index is 1.94. The Kier molecular flexibility index (Phi) is 5.55. The minimum atomic E-state index is -0.323. The van der Waals surface area contributed by atoms with E-state index in [1.807, 2.05) is 25.1 Å². The summed E-state index contributed by atoms with van der Waals surface area (Å²) in [7, 11) is 0. The molecule has 5 nitrogen and oxygen atoms in total. The van der Waals surface area contributed by atoms with E-state index in [-0.39, 0.29) is 5.97 Å². The van der Waals surface area contributed by atoms with E-state index in [9.17, 15) is 4.79 Å². The Morgan fingerprint density at radius 1 is 1.36 bits per heavy atom. The standard InChI is InChI=1S/C16H18N2O3S/c1-3-20-15(19)12-6-7-14(11(2)9-12)18-16(22)17-10-13-5-4-8-21-13/h4-9H,3,10H2,1-2H3,(H2,17,18,22). The molecule has 0 radical (unpaired) electrons. The number of furan rings is 1. The zero-order valence-corrected chi connectivity index (χ0v) is 13.3. The van der Waals surface area contributed by atoms with Crippen molar-refractivity contribution < 1.29 is 13.9 Å².